The molecule has 1 aromatic carbocycles. The second kappa shape index (κ2) is 8.81. The molecule has 0 unspecified atom stereocenters. The Morgan fingerprint density at radius 3 is 2.68 bits per heavy atom. The van der Waals surface area contributed by atoms with Crippen molar-refractivity contribution in [3.8, 4) is 5.75 Å². The number of ether oxygens (including phenoxy) is 1. The van der Waals surface area contributed by atoms with E-state index >= 15 is 0 Å². The van der Waals surface area contributed by atoms with Crippen molar-refractivity contribution in [2.45, 2.75) is 18.9 Å². The molecule has 138 valence electrons. The van der Waals surface area contributed by atoms with E-state index in [9.17, 15) is 4.79 Å². The molecule has 2 aliphatic heterocycles. The number of hydrogen-bond acceptors (Lipinski definition) is 5. The third-order valence-electron chi connectivity index (χ3n) is 5.27. The minimum atomic E-state index is 0.296. The van der Waals surface area contributed by atoms with Gasteiger partial charge in [0.25, 0.3) is 0 Å². The lowest BCUT2D eigenvalue weighted by Gasteiger charge is -2.44. The summed E-state index contributed by atoms with van der Waals surface area (Å²) in [5.41, 5.74) is 1.19. The number of amides is 1. The maximum absolute atomic E-state index is 12.2. The maximum atomic E-state index is 12.2. The Morgan fingerprint density at radius 1 is 1.20 bits per heavy atom. The van der Waals surface area contributed by atoms with Crippen LogP contribution in [0.1, 0.15) is 12.8 Å². The highest BCUT2D eigenvalue weighted by atomic mass is 32.2. The molecule has 0 aliphatic carbocycles. The smallest absolute Gasteiger partial charge is 0.232 e. The molecule has 1 amide bonds. The van der Waals surface area contributed by atoms with Gasteiger partial charge in [-0.25, -0.2) is 0 Å². The summed E-state index contributed by atoms with van der Waals surface area (Å²) in [6, 6.07) is 8.76. The van der Waals surface area contributed by atoms with E-state index in [1.807, 2.05) is 18.4 Å². The van der Waals surface area contributed by atoms with Crippen LogP contribution in [0, 0.1) is 0 Å². The number of hydrogen-bond donors (Lipinski definition) is 0. The molecule has 0 aromatic heterocycles. The lowest BCUT2D eigenvalue weighted by Crippen LogP contribution is -2.56. The summed E-state index contributed by atoms with van der Waals surface area (Å²) in [7, 11) is 1.73. The lowest BCUT2D eigenvalue weighted by atomic mass is 10.0. The van der Waals surface area contributed by atoms with Gasteiger partial charge in [-0.3, -0.25) is 9.69 Å². The molecule has 1 atom stereocenters. The van der Waals surface area contributed by atoms with Crippen LogP contribution < -0.4 is 9.64 Å². The highest BCUT2D eigenvalue weighted by Crippen LogP contribution is 2.29. The number of methoxy groups -OCH3 is 1. The normalized spacial score (nSPS) is 22.1. The van der Waals surface area contributed by atoms with Gasteiger partial charge in [-0.05, 0) is 31.2 Å². The Hall–Kier alpha value is -1.40. The summed E-state index contributed by atoms with van der Waals surface area (Å²) in [6.45, 7) is 5.94. The number of piperazine rings is 1. The van der Waals surface area contributed by atoms with Crippen LogP contribution >= 0.6 is 11.8 Å². The molecule has 2 fully saturated rings. The molecule has 1 aromatic rings. The summed E-state index contributed by atoms with van der Waals surface area (Å²) in [5, 5.41) is 0. The molecule has 0 saturated carbocycles. The molecule has 25 heavy (non-hydrogen) atoms. The van der Waals surface area contributed by atoms with Gasteiger partial charge >= 0.3 is 0 Å². The van der Waals surface area contributed by atoms with Gasteiger partial charge < -0.3 is 14.5 Å². The van der Waals surface area contributed by atoms with Crippen molar-refractivity contribution in [2.24, 2.45) is 0 Å². The second-order valence-corrected chi connectivity index (χ2v) is 7.63. The van der Waals surface area contributed by atoms with E-state index in [-0.39, 0.29) is 0 Å². The number of benzene rings is 1. The molecule has 2 saturated heterocycles. The van der Waals surface area contributed by atoms with Crippen LogP contribution in [0.25, 0.3) is 0 Å². The number of nitrogens with zero attached hydrogens (tertiary/aromatic N) is 3. The first-order valence-corrected chi connectivity index (χ1v) is 10.5. The van der Waals surface area contributed by atoms with Crippen molar-refractivity contribution in [1.82, 2.24) is 9.80 Å². The van der Waals surface area contributed by atoms with Crippen molar-refractivity contribution in [1.29, 1.82) is 0 Å². The standard InChI is InChI=1S/C19H29N3O2S/c1-24-18-8-4-3-7-17(18)21-12-10-20(11-13-21)16-6-5-9-22(14-16)19(23)15-25-2/h3-4,7-8,16H,5-6,9-15H2,1-2H3/t16-/m0/s1. The van der Waals surface area contributed by atoms with E-state index in [1.54, 1.807) is 18.9 Å². The fourth-order valence-electron chi connectivity index (χ4n) is 3.91. The summed E-state index contributed by atoms with van der Waals surface area (Å²) < 4.78 is 5.50. The van der Waals surface area contributed by atoms with Gasteiger partial charge in [0.2, 0.25) is 5.91 Å². The number of rotatable bonds is 5. The molecular formula is C19H29N3O2S. The number of para-hydroxylation sites is 2. The topological polar surface area (TPSA) is 36.0 Å². The fraction of sp³-hybridized carbons (Fsp3) is 0.632. The van der Waals surface area contributed by atoms with Crippen molar-refractivity contribution in [3.05, 3.63) is 24.3 Å². The average Bonchev–Trinajstić information content (AvgIpc) is 2.68. The predicted octanol–water partition coefficient (Wildman–Crippen LogP) is 2.17. The number of anilines is 1. The molecule has 6 heteroatoms. The molecule has 2 heterocycles. The van der Waals surface area contributed by atoms with Gasteiger partial charge in [0.05, 0.1) is 18.6 Å². The summed E-state index contributed by atoms with van der Waals surface area (Å²) in [4.78, 5) is 19.3. The van der Waals surface area contributed by atoms with E-state index in [1.165, 1.54) is 12.1 Å². The minimum Gasteiger partial charge on any atom is -0.495 e. The van der Waals surface area contributed by atoms with Crippen LogP contribution in [0.5, 0.6) is 5.75 Å². The Bertz CT molecular complexity index is 576. The summed E-state index contributed by atoms with van der Waals surface area (Å²) in [6.07, 6.45) is 4.33. The largest absolute Gasteiger partial charge is 0.495 e. The zero-order valence-corrected chi connectivity index (χ0v) is 16.1. The number of carbonyl (C=O) groups is 1. The van der Waals surface area contributed by atoms with Gasteiger partial charge in [0.15, 0.2) is 0 Å². The number of thioether (sulfide) groups is 1. The van der Waals surface area contributed by atoms with Crippen LogP contribution in [-0.2, 0) is 4.79 Å². The van der Waals surface area contributed by atoms with Crippen molar-refractivity contribution >= 4 is 23.4 Å². The first-order valence-electron chi connectivity index (χ1n) is 9.11. The van der Waals surface area contributed by atoms with Crippen LogP contribution in [-0.4, -0.2) is 80.1 Å². The fourth-order valence-corrected chi connectivity index (χ4v) is 4.34. The molecule has 3 rings (SSSR count). The number of piperidine rings is 1. The molecule has 5 nitrogen and oxygen atoms in total. The van der Waals surface area contributed by atoms with E-state index in [2.05, 4.69) is 26.8 Å². The highest BCUT2D eigenvalue weighted by molar-refractivity contribution is 7.99. The number of carbonyl (C=O) groups excluding carboxylic acids is 1. The molecule has 0 radical (unpaired) electrons. The first kappa shape index (κ1) is 18.4. The molecule has 2 aliphatic rings. The Kier molecular flexibility index (Phi) is 6.48. The monoisotopic (exact) mass is 363 g/mol. The van der Waals surface area contributed by atoms with Gasteiger partial charge in [0.1, 0.15) is 5.75 Å². The van der Waals surface area contributed by atoms with Crippen LogP contribution in [0.4, 0.5) is 5.69 Å². The number of likely N-dealkylation sites (tertiary alicyclic amines) is 1. The minimum absolute atomic E-state index is 0.296. The first-order chi connectivity index (χ1) is 12.2. The Labute approximate surface area is 155 Å². The van der Waals surface area contributed by atoms with E-state index in [4.69, 9.17) is 4.74 Å². The summed E-state index contributed by atoms with van der Waals surface area (Å²) in [5.74, 6) is 1.85. The SMILES string of the molecule is COc1ccccc1N1CCN([C@H]2CCCN(C(=O)CSC)C2)CC1. The van der Waals surface area contributed by atoms with Crippen LogP contribution in [0.3, 0.4) is 0 Å². The van der Waals surface area contributed by atoms with Crippen molar-refractivity contribution in [3.63, 3.8) is 0 Å². The maximum Gasteiger partial charge on any atom is 0.232 e. The third-order valence-corrected chi connectivity index (χ3v) is 5.81. The van der Waals surface area contributed by atoms with Crippen molar-refractivity contribution in [2.75, 3.05) is 63.3 Å². The molecule has 0 bridgehead atoms. The van der Waals surface area contributed by atoms with Gasteiger partial charge in [-0.2, -0.15) is 11.8 Å². The Balaban J connectivity index is 1.56. The zero-order valence-electron chi connectivity index (χ0n) is 15.3. The van der Waals surface area contributed by atoms with Gasteiger partial charge in [0, 0.05) is 45.3 Å². The van der Waals surface area contributed by atoms with Gasteiger partial charge in [-0.1, -0.05) is 12.1 Å². The van der Waals surface area contributed by atoms with Crippen LogP contribution in [0.15, 0.2) is 24.3 Å². The van der Waals surface area contributed by atoms with Crippen molar-refractivity contribution < 1.29 is 9.53 Å². The van der Waals surface area contributed by atoms with E-state index in [0.717, 1.165) is 51.4 Å². The summed E-state index contributed by atoms with van der Waals surface area (Å²) >= 11 is 1.62. The second-order valence-electron chi connectivity index (χ2n) is 6.76. The molecule has 0 N–H and O–H groups in total. The van der Waals surface area contributed by atoms with E-state index < -0.39 is 0 Å². The van der Waals surface area contributed by atoms with E-state index in [0.29, 0.717) is 17.7 Å². The zero-order chi connectivity index (χ0) is 17.6. The molecule has 0 spiro atoms. The predicted molar refractivity (Wildman–Crippen MR) is 105 cm³/mol. The third kappa shape index (κ3) is 4.42. The van der Waals surface area contributed by atoms with Gasteiger partial charge in [-0.15, -0.1) is 0 Å². The average molecular weight is 364 g/mol. The van der Waals surface area contributed by atoms with Crippen LogP contribution in [0.2, 0.25) is 0 Å². The highest BCUT2D eigenvalue weighted by Gasteiger charge is 2.30. The Morgan fingerprint density at radius 2 is 1.96 bits per heavy atom. The quantitative estimate of drug-likeness (QED) is 0.801. The lowest BCUT2D eigenvalue weighted by molar-refractivity contribution is -0.130. The molecular weight excluding hydrogens is 334 g/mol.